The van der Waals surface area contributed by atoms with E-state index in [1.807, 2.05) is 0 Å². The van der Waals surface area contributed by atoms with Gasteiger partial charge in [0.1, 0.15) is 0 Å². The smallest absolute Gasteiger partial charge is 0.370 e. The van der Waals surface area contributed by atoms with Gasteiger partial charge in [0.15, 0.2) is 5.96 Å². The minimum Gasteiger partial charge on any atom is -0.370 e. The molecule has 0 saturated heterocycles. The molecule has 0 bridgehead atoms. The Labute approximate surface area is 59.2 Å². The summed E-state index contributed by atoms with van der Waals surface area (Å²) >= 11 is 0. The topological polar surface area (TPSA) is 96.0 Å². The predicted molar refractivity (Wildman–Crippen MR) is 23.3 cm³/mol. The maximum atomic E-state index is 9.51. The Morgan fingerprint density at radius 2 is 2.00 bits per heavy atom. The second kappa shape index (κ2) is 4.94. The summed E-state index contributed by atoms with van der Waals surface area (Å²) in [6.07, 6.45) is 0. The molecule has 0 spiro atoms. The van der Waals surface area contributed by atoms with Gasteiger partial charge in [0.25, 0.3) is 0 Å². The molecule has 0 amide bonds. The number of hydrogen-bond donors (Lipinski definition) is 3. The van der Waals surface area contributed by atoms with Gasteiger partial charge in [-0.2, -0.15) is 0 Å². The van der Waals surface area contributed by atoms with Gasteiger partial charge in [-0.1, -0.05) is 0 Å². The number of nitrogens with one attached hydrogen (secondary N) is 2. The summed E-state index contributed by atoms with van der Waals surface area (Å²) in [7, 11) is -2.74. The second-order valence-electron chi connectivity index (χ2n) is 0.783. The molecule has 0 unspecified atom stereocenters. The van der Waals surface area contributed by atoms with Crippen LogP contribution >= 0.6 is 7.83 Å². The van der Waals surface area contributed by atoms with Crippen molar-refractivity contribution in [3.63, 3.8) is 0 Å². The van der Waals surface area contributed by atoms with Gasteiger partial charge in [-0.3, -0.25) is 10.5 Å². The fourth-order valence-electron chi connectivity index (χ4n) is 0.0983. The molecule has 7 heteroatoms. The van der Waals surface area contributed by atoms with Crippen molar-refractivity contribution in [2.24, 2.45) is 5.73 Å². The predicted octanol–water partition coefficient (Wildman–Crippen LogP) is -0.445. The molecule has 5 nitrogen and oxygen atoms in total. The monoisotopic (exact) mass is 185 g/mol. The van der Waals surface area contributed by atoms with E-state index in [4.69, 9.17) is 5.41 Å². The second-order valence-corrected chi connectivity index (χ2v) is 1.52. The molecule has 0 fully saturated rings. The Balaban J connectivity index is 0. The third kappa shape index (κ3) is 9.25. The first-order valence-electron chi connectivity index (χ1n) is 1.38. The number of nitrogens with two attached hydrogens (primary N) is 1. The van der Waals surface area contributed by atoms with Crippen molar-refractivity contribution in [2.45, 2.75) is 0 Å². The molecule has 0 atom stereocenters. The fourth-order valence-corrected chi connectivity index (χ4v) is 0.295. The molecule has 4 N–H and O–H groups in total. The van der Waals surface area contributed by atoms with Gasteiger partial charge < -0.3 is 5.73 Å². The molecule has 0 aliphatic carbocycles. The molecule has 0 aliphatic rings. The molecule has 0 aromatic rings. The zero-order valence-corrected chi connectivity index (χ0v) is 7.91. The Bertz CT molecular complexity index is 134. The Hall–Kier alpha value is -0.207. The van der Waals surface area contributed by atoms with Crippen LogP contribution in [0, 0.1) is 5.41 Å². The molecule has 0 radical (unpaired) electrons. The van der Waals surface area contributed by atoms with E-state index in [1.165, 1.54) is 0 Å². The van der Waals surface area contributed by atoms with Gasteiger partial charge in [0.05, 0.1) is 0 Å². The summed E-state index contributed by atoms with van der Waals surface area (Å²) in [6.45, 7) is 0. The van der Waals surface area contributed by atoms with Crippen LogP contribution in [0.3, 0.4) is 0 Å². The van der Waals surface area contributed by atoms with Crippen LogP contribution in [-0.4, -0.2) is 5.96 Å². The van der Waals surface area contributed by atoms with E-state index in [-0.39, 0.29) is 19.5 Å². The first-order chi connectivity index (χ1) is 3.13. The van der Waals surface area contributed by atoms with Crippen LogP contribution in [0.1, 0.15) is 0 Å². The van der Waals surface area contributed by atoms with Gasteiger partial charge in [-0.05, 0) is 0 Å². The average Bonchev–Trinajstić information content (AvgIpc) is 1.27. The zero-order valence-electron chi connectivity index (χ0n) is 4.05. The molecule has 0 aliphatic heterocycles. The quantitative estimate of drug-likeness (QED) is 0.224. The minimum absolute atomic E-state index is 0. The summed E-state index contributed by atoms with van der Waals surface area (Å²) in [5.41, 5.74) is 4.58. The normalized spacial score (nSPS) is 6.50. The standard InChI is InChI=1S/CH4N3O2P.Zn/c2-1(3)4-7(5)6;/h(H4,2,3,4,5,6);. The van der Waals surface area contributed by atoms with Crippen LogP contribution in [0.25, 0.3) is 0 Å². The van der Waals surface area contributed by atoms with Crippen LogP contribution < -0.4 is 10.8 Å². The van der Waals surface area contributed by atoms with Gasteiger partial charge in [-0.15, -0.1) is 0 Å². The molecule has 0 rings (SSSR count). The SMILES string of the molecule is N=C(N)NP(=O)=O.[Zn]. The summed E-state index contributed by atoms with van der Waals surface area (Å²) in [6, 6.07) is 0. The van der Waals surface area contributed by atoms with Crippen LogP contribution in [-0.2, 0) is 28.6 Å². The van der Waals surface area contributed by atoms with Gasteiger partial charge >= 0.3 is 7.83 Å². The van der Waals surface area contributed by atoms with Gasteiger partial charge in [0, 0.05) is 19.5 Å². The fraction of sp³-hybridized carbons (Fsp3) is 0. The van der Waals surface area contributed by atoms with Crippen molar-refractivity contribution < 1.29 is 28.6 Å². The van der Waals surface area contributed by atoms with Crippen molar-refractivity contribution >= 4 is 13.8 Å². The number of rotatable bonds is 1. The van der Waals surface area contributed by atoms with E-state index in [0.29, 0.717) is 0 Å². The van der Waals surface area contributed by atoms with Crippen LogP contribution in [0.4, 0.5) is 0 Å². The van der Waals surface area contributed by atoms with Crippen molar-refractivity contribution in [2.75, 3.05) is 0 Å². The van der Waals surface area contributed by atoms with E-state index in [9.17, 15) is 9.13 Å². The third-order valence-corrected chi connectivity index (χ3v) is 0.635. The van der Waals surface area contributed by atoms with E-state index in [1.54, 1.807) is 5.09 Å². The van der Waals surface area contributed by atoms with Crippen LogP contribution in [0.2, 0.25) is 0 Å². The Morgan fingerprint density at radius 3 is 2.00 bits per heavy atom. The van der Waals surface area contributed by atoms with Crippen molar-refractivity contribution in [1.29, 1.82) is 5.41 Å². The largest absolute Gasteiger partial charge is 0.426 e. The number of guanidine groups is 1. The minimum atomic E-state index is -2.74. The molecule has 0 aromatic carbocycles. The van der Waals surface area contributed by atoms with Gasteiger partial charge in [0.2, 0.25) is 0 Å². The molecular weight excluding hydrogens is 182 g/mol. The van der Waals surface area contributed by atoms with E-state index in [0.717, 1.165) is 0 Å². The summed E-state index contributed by atoms with van der Waals surface area (Å²) in [4.78, 5) is 0. The molecule has 8 heavy (non-hydrogen) atoms. The zero-order chi connectivity index (χ0) is 5.86. The molecule has 42 valence electrons. The summed E-state index contributed by atoms with van der Waals surface area (Å²) in [5.74, 6) is -0.559. The first kappa shape index (κ1) is 10.7. The average molecular weight is 186 g/mol. The van der Waals surface area contributed by atoms with Crippen molar-refractivity contribution in [3.8, 4) is 0 Å². The van der Waals surface area contributed by atoms with Crippen LogP contribution in [0.15, 0.2) is 0 Å². The molecule has 0 aromatic heterocycles. The van der Waals surface area contributed by atoms with E-state index < -0.39 is 13.8 Å². The molecular formula is CH4N3O2PZn. The van der Waals surface area contributed by atoms with Crippen molar-refractivity contribution in [3.05, 3.63) is 0 Å². The Kier molecular flexibility index (Phi) is 6.62. The maximum absolute atomic E-state index is 9.51. The molecule has 0 saturated carbocycles. The number of hydrogen-bond acceptors (Lipinski definition) is 3. The Morgan fingerprint density at radius 1 is 1.62 bits per heavy atom. The van der Waals surface area contributed by atoms with Crippen LogP contribution in [0.5, 0.6) is 0 Å². The third-order valence-electron chi connectivity index (χ3n) is 0.212. The summed E-state index contributed by atoms with van der Waals surface area (Å²) in [5, 5.41) is 7.93. The first-order valence-corrected chi connectivity index (χ1v) is 2.55. The van der Waals surface area contributed by atoms with E-state index in [2.05, 4.69) is 5.73 Å². The van der Waals surface area contributed by atoms with E-state index >= 15 is 0 Å². The maximum Gasteiger partial charge on any atom is 0.426 e. The molecule has 0 heterocycles. The van der Waals surface area contributed by atoms with Gasteiger partial charge in [-0.25, -0.2) is 9.13 Å². The van der Waals surface area contributed by atoms with Crippen molar-refractivity contribution in [1.82, 2.24) is 5.09 Å². The summed E-state index contributed by atoms with van der Waals surface area (Å²) < 4.78 is 19.0.